The van der Waals surface area contributed by atoms with Crippen molar-refractivity contribution in [2.24, 2.45) is 0 Å². The van der Waals surface area contributed by atoms with Gasteiger partial charge in [0, 0.05) is 30.4 Å². The maximum absolute atomic E-state index is 13.2. The molecule has 0 saturated carbocycles. The molecule has 6 heteroatoms. The van der Waals surface area contributed by atoms with Crippen LogP contribution in [0.4, 0.5) is 11.5 Å². The van der Waals surface area contributed by atoms with Gasteiger partial charge in [0.1, 0.15) is 0 Å². The quantitative estimate of drug-likeness (QED) is 0.568. The molecule has 0 saturated heterocycles. The maximum Gasteiger partial charge on any atom is 0.274 e. The Hall–Kier alpha value is -3.67. The van der Waals surface area contributed by atoms with Crippen molar-refractivity contribution in [3.8, 4) is 5.75 Å². The molecule has 4 rings (SSSR count). The van der Waals surface area contributed by atoms with Gasteiger partial charge in [0.05, 0.1) is 0 Å². The number of ether oxygens (including phenoxy) is 1. The highest BCUT2D eigenvalue weighted by atomic mass is 16.5. The van der Waals surface area contributed by atoms with Gasteiger partial charge in [-0.1, -0.05) is 56.3 Å². The first-order valence-corrected chi connectivity index (χ1v) is 10.9. The first kappa shape index (κ1) is 21.6. The SMILES string of the molecule is CC(C)c1ccc(NC(=O)CCCN2C(=O)[C@@H](c3ccccc3)Oc3cccnc32)cc1. The summed E-state index contributed by atoms with van der Waals surface area (Å²) in [6.07, 6.45) is 1.73. The van der Waals surface area contributed by atoms with Gasteiger partial charge in [0.25, 0.3) is 5.91 Å². The summed E-state index contributed by atoms with van der Waals surface area (Å²) in [4.78, 5) is 31.6. The first-order chi connectivity index (χ1) is 15.5. The normalized spacial score (nSPS) is 15.3. The van der Waals surface area contributed by atoms with Crippen LogP contribution in [0.3, 0.4) is 0 Å². The smallest absolute Gasteiger partial charge is 0.274 e. The Morgan fingerprint density at radius 3 is 2.53 bits per heavy atom. The van der Waals surface area contributed by atoms with Crippen LogP contribution in [0.2, 0.25) is 0 Å². The Bertz CT molecular complexity index is 1080. The molecule has 6 nitrogen and oxygen atoms in total. The summed E-state index contributed by atoms with van der Waals surface area (Å²) < 4.78 is 5.96. The predicted molar refractivity (Wildman–Crippen MR) is 125 cm³/mol. The van der Waals surface area contributed by atoms with Crippen molar-refractivity contribution in [2.75, 3.05) is 16.8 Å². The standard InChI is InChI=1S/C26H27N3O3/c1-18(2)19-12-14-21(15-13-19)28-23(30)11-7-17-29-25-22(10-6-16-27-25)32-24(26(29)31)20-8-4-3-5-9-20/h3-6,8-10,12-16,18,24H,7,11,17H2,1-2H3,(H,28,30)/t24-/m1/s1. The number of fused-ring (bicyclic) bond motifs is 1. The molecule has 164 valence electrons. The zero-order valence-electron chi connectivity index (χ0n) is 18.3. The van der Waals surface area contributed by atoms with Crippen molar-refractivity contribution in [1.82, 2.24) is 4.98 Å². The molecule has 1 aliphatic rings. The topological polar surface area (TPSA) is 71.5 Å². The van der Waals surface area contributed by atoms with Crippen molar-refractivity contribution >= 4 is 23.3 Å². The number of anilines is 2. The van der Waals surface area contributed by atoms with Gasteiger partial charge in [0.15, 0.2) is 11.6 Å². The van der Waals surface area contributed by atoms with E-state index >= 15 is 0 Å². The van der Waals surface area contributed by atoms with Gasteiger partial charge in [-0.05, 0) is 42.2 Å². The van der Waals surface area contributed by atoms with E-state index in [4.69, 9.17) is 4.74 Å². The number of carbonyl (C=O) groups excluding carboxylic acids is 2. The molecule has 0 aliphatic carbocycles. The summed E-state index contributed by atoms with van der Waals surface area (Å²) in [5.74, 6) is 1.25. The summed E-state index contributed by atoms with van der Waals surface area (Å²) in [5.41, 5.74) is 2.80. The number of aromatic nitrogens is 1. The van der Waals surface area contributed by atoms with E-state index in [2.05, 4.69) is 24.1 Å². The number of nitrogens with one attached hydrogen (secondary N) is 1. The molecule has 1 atom stereocenters. The van der Waals surface area contributed by atoms with Gasteiger partial charge >= 0.3 is 0 Å². The zero-order valence-corrected chi connectivity index (χ0v) is 18.3. The molecule has 1 N–H and O–H groups in total. The van der Waals surface area contributed by atoms with Crippen molar-refractivity contribution in [3.63, 3.8) is 0 Å². The molecular weight excluding hydrogens is 402 g/mol. The number of nitrogens with zero attached hydrogens (tertiary/aromatic N) is 2. The number of benzene rings is 2. The molecule has 1 aromatic heterocycles. The second-order valence-electron chi connectivity index (χ2n) is 8.15. The highest BCUT2D eigenvalue weighted by molar-refractivity contribution is 5.99. The lowest BCUT2D eigenvalue weighted by atomic mass is 10.0. The van der Waals surface area contributed by atoms with Crippen molar-refractivity contribution in [1.29, 1.82) is 0 Å². The highest BCUT2D eigenvalue weighted by Gasteiger charge is 2.36. The van der Waals surface area contributed by atoms with Gasteiger partial charge in [-0.15, -0.1) is 0 Å². The number of carbonyl (C=O) groups is 2. The first-order valence-electron chi connectivity index (χ1n) is 10.9. The van der Waals surface area contributed by atoms with Crippen LogP contribution in [0.5, 0.6) is 5.75 Å². The Morgan fingerprint density at radius 1 is 1.06 bits per heavy atom. The molecule has 0 bridgehead atoms. The van der Waals surface area contributed by atoms with Crippen LogP contribution in [0.15, 0.2) is 72.9 Å². The van der Waals surface area contributed by atoms with Gasteiger partial charge < -0.3 is 10.1 Å². The lowest BCUT2D eigenvalue weighted by Gasteiger charge is -2.33. The molecule has 3 aromatic rings. The minimum atomic E-state index is -0.721. The average molecular weight is 430 g/mol. The van der Waals surface area contributed by atoms with Crippen LogP contribution < -0.4 is 15.0 Å². The van der Waals surface area contributed by atoms with Gasteiger partial charge in [0.2, 0.25) is 12.0 Å². The maximum atomic E-state index is 13.2. The minimum Gasteiger partial charge on any atom is -0.472 e. The predicted octanol–water partition coefficient (Wildman–Crippen LogP) is 5.09. The van der Waals surface area contributed by atoms with E-state index in [-0.39, 0.29) is 11.8 Å². The third-order valence-electron chi connectivity index (χ3n) is 5.49. The van der Waals surface area contributed by atoms with Crippen molar-refractivity contribution in [3.05, 3.63) is 84.1 Å². The van der Waals surface area contributed by atoms with Crippen LogP contribution >= 0.6 is 0 Å². The van der Waals surface area contributed by atoms with Crippen LogP contribution in [0.1, 0.15) is 49.8 Å². The molecule has 2 amide bonds. The number of amides is 2. The summed E-state index contributed by atoms with van der Waals surface area (Å²) in [6, 6.07) is 20.9. The largest absolute Gasteiger partial charge is 0.472 e. The molecule has 0 fully saturated rings. The number of hydrogen-bond donors (Lipinski definition) is 1. The Balaban J connectivity index is 1.40. The van der Waals surface area contributed by atoms with E-state index in [1.165, 1.54) is 5.56 Å². The summed E-state index contributed by atoms with van der Waals surface area (Å²) in [7, 11) is 0. The molecular formula is C26H27N3O3. The Labute approximate surface area is 188 Å². The summed E-state index contributed by atoms with van der Waals surface area (Å²) in [6.45, 7) is 4.65. The Kier molecular flexibility index (Phi) is 6.50. The molecule has 0 radical (unpaired) electrons. The lowest BCUT2D eigenvalue weighted by molar-refractivity contribution is -0.127. The molecule has 0 spiro atoms. The second-order valence-corrected chi connectivity index (χ2v) is 8.15. The number of pyridine rings is 1. The van der Waals surface area contributed by atoms with Gasteiger partial charge in [-0.3, -0.25) is 14.5 Å². The van der Waals surface area contributed by atoms with E-state index in [1.54, 1.807) is 17.2 Å². The molecule has 1 aliphatic heterocycles. The van der Waals surface area contributed by atoms with Crippen LogP contribution in [-0.2, 0) is 9.59 Å². The minimum absolute atomic E-state index is 0.0798. The number of rotatable bonds is 7. The van der Waals surface area contributed by atoms with E-state index in [9.17, 15) is 9.59 Å². The molecule has 0 unspecified atom stereocenters. The fraction of sp³-hybridized carbons (Fsp3) is 0.269. The Morgan fingerprint density at radius 2 is 1.81 bits per heavy atom. The lowest BCUT2D eigenvalue weighted by Crippen LogP contribution is -2.42. The average Bonchev–Trinajstić information content (AvgIpc) is 2.81. The van der Waals surface area contributed by atoms with E-state index in [0.29, 0.717) is 36.9 Å². The van der Waals surface area contributed by atoms with Crippen LogP contribution in [0.25, 0.3) is 0 Å². The van der Waals surface area contributed by atoms with E-state index < -0.39 is 6.10 Å². The monoisotopic (exact) mass is 429 g/mol. The van der Waals surface area contributed by atoms with Crippen LogP contribution in [0, 0.1) is 0 Å². The van der Waals surface area contributed by atoms with Crippen molar-refractivity contribution < 1.29 is 14.3 Å². The van der Waals surface area contributed by atoms with Gasteiger partial charge in [-0.25, -0.2) is 4.98 Å². The fourth-order valence-corrected chi connectivity index (χ4v) is 3.73. The fourth-order valence-electron chi connectivity index (χ4n) is 3.73. The van der Waals surface area contributed by atoms with E-state index in [1.807, 2.05) is 60.7 Å². The van der Waals surface area contributed by atoms with Gasteiger partial charge in [-0.2, -0.15) is 0 Å². The van der Waals surface area contributed by atoms with Crippen molar-refractivity contribution in [2.45, 2.75) is 38.7 Å². The summed E-state index contributed by atoms with van der Waals surface area (Å²) >= 11 is 0. The number of hydrogen-bond acceptors (Lipinski definition) is 4. The second kappa shape index (κ2) is 9.64. The van der Waals surface area contributed by atoms with Crippen LogP contribution in [-0.4, -0.2) is 23.3 Å². The summed E-state index contributed by atoms with van der Waals surface area (Å²) in [5, 5.41) is 2.93. The highest BCUT2D eigenvalue weighted by Crippen LogP contribution is 2.37. The molecule has 2 heterocycles. The third kappa shape index (κ3) is 4.80. The molecule has 32 heavy (non-hydrogen) atoms. The zero-order chi connectivity index (χ0) is 22.5. The third-order valence-corrected chi connectivity index (χ3v) is 5.49. The van der Waals surface area contributed by atoms with E-state index in [0.717, 1.165) is 11.3 Å². The molecule has 2 aromatic carbocycles.